The number of unbranched alkanes of at least 4 members (excludes halogenated alkanes) is 1. The molecule has 0 radical (unpaired) electrons. The molecule has 0 amide bonds. The van der Waals surface area contributed by atoms with E-state index in [1.165, 1.54) is 0 Å². The number of hydrogen-bond donors (Lipinski definition) is 3. The topological polar surface area (TPSA) is 68.6 Å². The molecule has 0 spiro atoms. The Balaban J connectivity index is 2.05. The number of rotatable bonds is 6. The van der Waals surface area contributed by atoms with Crippen LogP contribution in [0.1, 0.15) is 44.3 Å². The lowest BCUT2D eigenvalue weighted by molar-refractivity contribution is 0.0121. The Bertz CT molecular complexity index is 420. The maximum absolute atomic E-state index is 10.3. The summed E-state index contributed by atoms with van der Waals surface area (Å²) in [7, 11) is 0. The Hall–Kier alpha value is -1.17. The average molecular weight is 293 g/mol. The summed E-state index contributed by atoms with van der Waals surface area (Å²) in [5.74, 6) is 0. The van der Waals surface area contributed by atoms with Gasteiger partial charge in [0.15, 0.2) is 0 Å². The third-order valence-corrected chi connectivity index (χ3v) is 4.01. The lowest BCUT2D eigenvalue weighted by Gasteiger charge is -2.24. The number of nitrogens with zero attached hydrogens (tertiary/aromatic N) is 2. The van der Waals surface area contributed by atoms with Gasteiger partial charge in [0.2, 0.25) is 0 Å². The first kappa shape index (κ1) is 16.2. The van der Waals surface area contributed by atoms with E-state index in [2.05, 4.69) is 22.1 Å². The van der Waals surface area contributed by atoms with Crippen LogP contribution in [-0.4, -0.2) is 47.5 Å². The molecule has 2 rings (SSSR count). The van der Waals surface area contributed by atoms with Crippen molar-refractivity contribution in [1.82, 2.24) is 10.3 Å². The van der Waals surface area contributed by atoms with Gasteiger partial charge in [-0.05, 0) is 25.5 Å². The van der Waals surface area contributed by atoms with Crippen LogP contribution in [0.25, 0.3) is 0 Å². The molecule has 1 aromatic heterocycles. The number of hydrogen-bond acceptors (Lipinski definition) is 5. The molecule has 2 unspecified atom stereocenters. The van der Waals surface area contributed by atoms with Crippen molar-refractivity contribution < 1.29 is 10.2 Å². The van der Waals surface area contributed by atoms with Crippen molar-refractivity contribution in [3.63, 3.8) is 0 Å². The van der Waals surface area contributed by atoms with E-state index < -0.39 is 12.2 Å². The first-order valence-corrected chi connectivity index (χ1v) is 7.99. The van der Waals surface area contributed by atoms with Crippen molar-refractivity contribution in [2.75, 3.05) is 31.1 Å². The zero-order valence-corrected chi connectivity index (χ0v) is 12.8. The van der Waals surface area contributed by atoms with Gasteiger partial charge in [-0.1, -0.05) is 19.8 Å². The highest BCUT2D eigenvalue weighted by atomic mass is 16.3. The number of aliphatic hydroxyl groups excluding tert-OH is 2. The van der Waals surface area contributed by atoms with Crippen LogP contribution in [0.3, 0.4) is 0 Å². The van der Waals surface area contributed by atoms with E-state index in [4.69, 9.17) is 0 Å². The second-order valence-corrected chi connectivity index (χ2v) is 5.72. The second kappa shape index (κ2) is 8.32. The molecule has 3 N–H and O–H groups in total. The van der Waals surface area contributed by atoms with Crippen molar-refractivity contribution >= 4 is 5.69 Å². The Kier molecular flexibility index (Phi) is 6.42. The SMILES string of the molecule is CCCCC(O)C(O)c1cncc(N2CCCNCC2)c1. The van der Waals surface area contributed by atoms with Crippen LogP contribution in [-0.2, 0) is 0 Å². The molecule has 0 aromatic carbocycles. The summed E-state index contributed by atoms with van der Waals surface area (Å²) in [6.07, 6.45) is 5.58. The van der Waals surface area contributed by atoms with Gasteiger partial charge in [0, 0.05) is 31.4 Å². The van der Waals surface area contributed by atoms with Crippen LogP contribution < -0.4 is 10.2 Å². The van der Waals surface area contributed by atoms with Gasteiger partial charge < -0.3 is 20.4 Å². The Morgan fingerprint density at radius 3 is 2.95 bits per heavy atom. The van der Waals surface area contributed by atoms with E-state index in [1.54, 1.807) is 6.20 Å². The van der Waals surface area contributed by atoms with Crippen molar-refractivity contribution in [2.45, 2.75) is 44.8 Å². The normalized spacial score (nSPS) is 19.1. The summed E-state index contributed by atoms with van der Waals surface area (Å²) in [5, 5.41) is 23.7. The van der Waals surface area contributed by atoms with Crippen molar-refractivity contribution in [1.29, 1.82) is 0 Å². The van der Waals surface area contributed by atoms with Gasteiger partial charge in [-0.15, -0.1) is 0 Å². The largest absolute Gasteiger partial charge is 0.390 e. The summed E-state index contributed by atoms with van der Waals surface area (Å²) in [4.78, 5) is 6.52. The minimum atomic E-state index is -0.853. The van der Waals surface area contributed by atoms with E-state index in [0.29, 0.717) is 12.0 Å². The number of pyridine rings is 1. The van der Waals surface area contributed by atoms with E-state index in [1.807, 2.05) is 12.3 Å². The standard InChI is InChI=1S/C16H27N3O2/c1-2-3-5-15(20)16(21)13-10-14(12-18-11-13)19-8-4-6-17-7-9-19/h10-12,15-17,20-21H,2-9H2,1H3. The van der Waals surface area contributed by atoms with Crippen LogP contribution in [0.2, 0.25) is 0 Å². The number of anilines is 1. The van der Waals surface area contributed by atoms with E-state index in [0.717, 1.165) is 51.1 Å². The maximum Gasteiger partial charge on any atom is 0.106 e. The van der Waals surface area contributed by atoms with E-state index in [-0.39, 0.29) is 0 Å². The Morgan fingerprint density at radius 1 is 1.29 bits per heavy atom. The molecule has 2 atom stereocenters. The predicted octanol–water partition coefficient (Wildman–Crippen LogP) is 1.47. The van der Waals surface area contributed by atoms with Gasteiger partial charge in [0.1, 0.15) is 6.10 Å². The highest BCUT2D eigenvalue weighted by Gasteiger charge is 2.19. The first-order valence-electron chi connectivity index (χ1n) is 7.99. The van der Waals surface area contributed by atoms with E-state index in [9.17, 15) is 10.2 Å². The third-order valence-electron chi connectivity index (χ3n) is 4.01. The van der Waals surface area contributed by atoms with Crippen LogP contribution in [0, 0.1) is 0 Å². The number of nitrogens with one attached hydrogen (secondary N) is 1. The minimum absolute atomic E-state index is 0.621. The molecule has 21 heavy (non-hydrogen) atoms. The fourth-order valence-corrected chi connectivity index (χ4v) is 2.68. The highest BCUT2D eigenvalue weighted by molar-refractivity contribution is 5.46. The van der Waals surface area contributed by atoms with Crippen LogP contribution >= 0.6 is 0 Å². The van der Waals surface area contributed by atoms with Crippen molar-refractivity contribution in [3.8, 4) is 0 Å². The molecule has 1 saturated heterocycles. The molecule has 1 aliphatic rings. The minimum Gasteiger partial charge on any atom is -0.390 e. The molecule has 5 nitrogen and oxygen atoms in total. The predicted molar refractivity (Wildman–Crippen MR) is 84.4 cm³/mol. The van der Waals surface area contributed by atoms with Gasteiger partial charge in [0.05, 0.1) is 18.0 Å². The zero-order valence-electron chi connectivity index (χ0n) is 12.8. The van der Waals surface area contributed by atoms with Gasteiger partial charge in [-0.25, -0.2) is 0 Å². The molecule has 5 heteroatoms. The van der Waals surface area contributed by atoms with E-state index >= 15 is 0 Å². The average Bonchev–Trinajstić information content (AvgIpc) is 2.81. The van der Waals surface area contributed by atoms with Crippen molar-refractivity contribution in [3.05, 3.63) is 24.0 Å². The summed E-state index contributed by atoms with van der Waals surface area (Å²) in [6, 6.07) is 1.96. The van der Waals surface area contributed by atoms with Crippen LogP contribution in [0.15, 0.2) is 18.5 Å². The van der Waals surface area contributed by atoms with Gasteiger partial charge in [-0.3, -0.25) is 4.98 Å². The number of aromatic nitrogens is 1. The monoisotopic (exact) mass is 293 g/mol. The lowest BCUT2D eigenvalue weighted by atomic mass is 10.0. The molecule has 1 aliphatic heterocycles. The first-order chi connectivity index (χ1) is 10.2. The van der Waals surface area contributed by atoms with Crippen LogP contribution in [0.5, 0.6) is 0 Å². The zero-order chi connectivity index (χ0) is 15.1. The molecule has 0 aliphatic carbocycles. The fraction of sp³-hybridized carbons (Fsp3) is 0.688. The molecule has 1 fully saturated rings. The summed E-state index contributed by atoms with van der Waals surface area (Å²) in [6.45, 7) is 6.02. The highest BCUT2D eigenvalue weighted by Crippen LogP contribution is 2.24. The third kappa shape index (κ3) is 4.66. The molecule has 0 saturated carbocycles. The molecule has 1 aromatic rings. The van der Waals surface area contributed by atoms with Crippen molar-refractivity contribution in [2.24, 2.45) is 0 Å². The van der Waals surface area contributed by atoms with Gasteiger partial charge in [0.25, 0.3) is 0 Å². The molecule has 2 heterocycles. The fourth-order valence-electron chi connectivity index (χ4n) is 2.68. The molecular formula is C16H27N3O2. The Morgan fingerprint density at radius 2 is 2.14 bits per heavy atom. The van der Waals surface area contributed by atoms with Crippen LogP contribution in [0.4, 0.5) is 5.69 Å². The Labute approximate surface area is 127 Å². The number of aliphatic hydroxyl groups is 2. The van der Waals surface area contributed by atoms with Gasteiger partial charge in [-0.2, -0.15) is 0 Å². The summed E-state index contributed by atoms with van der Waals surface area (Å²) < 4.78 is 0. The summed E-state index contributed by atoms with van der Waals surface area (Å²) >= 11 is 0. The van der Waals surface area contributed by atoms with Gasteiger partial charge >= 0.3 is 0 Å². The summed E-state index contributed by atoms with van der Waals surface area (Å²) in [5.41, 5.74) is 1.73. The maximum atomic E-state index is 10.3. The second-order valence-electron chi connectivity index (χ2n) is 5.72. The molecule has 118 valence electrons. The quantitative estimate of drug-likeness (QED) is 0.741. The smallest absolute Gasteiger partial charge is 0.106 e. The molecular weight excluding hydrogens is 266 g/mol. The lowest BCUT2D eigenvalue weighted by Crippen LogP contribution is -2.28. The molecule has 0 bridgehead atoms.